The molecule has 0 spiro atoms. The Morgan fingerprint density at radius 1 is 0.900 bits per heavy atom. The number of fused-ring (bicyclic) bond motifs is 2. The van der Waals surface area contributed by atoms with Crippen LogP contribution in [0.25, 0.3) is 27.7 Å². The highest BCUT2D eigenvalue weighted by Crippen LogP contribution is 2.26. The van der Waals surface area contributed by atoms with Gasteiger partial charge in [0.2, 0.25) is 0 Å². The van der Waals surface area contributed by atoms with Crippen LogP contribution in [0.4, 0.5) is 0 Å². The van der Waals surface area contributed by atoms with Gasteiger partial charge < -0.3 is 4.74 Å². The van der Waals surface area contributed by atoms with Gasteiger partial charge >= 0.3 is 0 Å². The van der Waals surface area contributed by atoms with Gasteiger partial charge in [0, 0.05) is 17.8 Å². The van der Waals surface area contributed by atoms with Gasteiger partial charge in [-0.15, -0.1) is 10.2 Å². The fourth-order valence-corrected chi connectivity index (χ4v) is 3.61. The maximum atomic E-state index is 6.14. The molecule has 0 unspecified atom stereocenters. The van der Waals surface area contributed by atoms with Crippen LogP contribution in [0.2, 0.25) is 0 Å². The highest BCUT2D eigenvalue weighted by molar-refractivity contribution is 5.85. The summed E-state index contributed by atoms with van der Waals surface area (Å²) in [5.41, 5.74) is 6.53. The van der Waals surface area contributed by atoms with E-state index in [9.17, 15) is 0 Å². The van der Waals surface area contributed by atoms with Crippen LogP contribution < -0.4 is 4.74 Å². The van der Waals surface area contributed by atoms with Crippen LogP contribution in [0.1, 0.15) is 23.9 Å². The average Bonchev–Trinajstić information content (AvgIpc) is 3.20. The molecule has 0 saturated carbocycles. The second-order valence-electron chi connectivity index (χ2n) is 7.43. The van der Waals surface area contributed by atoms with Crippen molar-refractivity contribution in [3.63, 3.8) is 0 Å². The topological polar surface area (TPSA) is 52.3 Å². The summed E-state index contributed by atoms with van der Waals surface area (Å²) in [6.45, 7) is 4.56. The van der Waals surface area contributed by atoms with Gasteiger partial charge in [-0.25, -0.2) is 0 Å². The summed E-state index contributed by atoms with van der Waals surface area (Å²) >= 11 is 0. The molecule has 3 aromatic heterocycles. The Labute approximate surface area is 175 Å². The lowest BCUT2D eigenvalue weighted by atomic mass is 10.1. The first-order valence-electron chi connectivity index (χ1n) is 10.1. The van der Waals surface area contributed by atoms with Gasteiger partial charge in [0.1, 0.15) is 12.4 Å². The van der Waals surface area contributed by atoms with E-state index in [1.54, 1.807) is 6.20 Å². The van der Waals surface area contributed by atoms with Crippen molar-refractivity contribution in [2.24, 2.45) is 0 Å². The maximum Gasteiger partial charge on any atom is 0.175 e. The molecule has 0 aliphatic carbocycles. The lowest BCUT2D eigenvalue weighted by Crippen LogP contribution is -2.02. The summed E-state index contributed by atoms with van der Waals surface area (Å²) in [7, 11) is 0. The predicted molar refractivity (Wildman–Crippen MR) is 119 cm³/mol. The molecule has 0 aliphatic heterocycles. The Hall–Kier alpha value is -3.73. The monoisotopic (exact) mass is 394 g/mol. The molecular formula is C25H22N4O. The number of benzene rings is 2. The Bertz CT molecular complexity index is 1340. The quantitative estimate of drug-likeness (QED) is 0.401. The Morgan fingerprint density at radius 3 is 2.57 bits per heavy atom. The van der Waals surface area contributed by atoms with Gasteiger partial charge in [-0.3, -0.25) is 9.38 Å². The van der Waals surface area contributed by atoms with E-state index in [1.807, 2.05) is 16.5 Å². The number of hydrogen-bond donors (Lipinski definition) is 0. The number of rotatable bonds is 5. The van der Waals surface area contributed by atoms with Crippen molar-refractivity contribution in [1.29, 1.82) is 0 Å². The third-order valence-corrected chi connectivity index (χ3v) is 5.39. The molecule has 5 heteroatoms. The number of hydrogen-bond acceptors (Lipinski definition) is 4. The molecule has 148 valence electrons. The van der Waals surface area contributed by atoms with Gasteiger partial charge in [0.05, 0.1) is 5.52 Å². The zero-order valence-corrected chi connectivity index (χ0v) is 17.0. The Morgan fingerprint density at radius 2 is 1.73 bits per heavy atom. The standard InChI is InChI=1S/C25H22N4O/c1-3-18-6-10-21-22(14-18)26-13-12-23(21)30-16-25-28-27-24-11-9-20(15-29(24)25)19-7-4-17(2)5-8-19/h4-15H,3,16H2,1-2H3. The van der Waals surface area contributed by atoms with E-state index >= 15 is 0 Å². The Balaban J connectivity index is 1.45. The average molecular weight is 394 g/mol. The number of nitrogens with zero attached hydrogens (tertiary/aromatic N) is 4. The van der Waals surface area contributed by atoms with E-state index in [0.717, 1.165) is 45.7 Å². The molecule has 30 heavy (non-hydrogen) atoms. The molecule has 5 aromatic rings. The van der Waals surface area contributed by atoms with E-state index in [2.05, 4.69) is 83.8 Å². The summed E-state index contributed by atoms with van der Waals surface area (Å²) in [5, 5.41) is 9.63. The molecule has 0 amide bonds. The van der Waals surface area contributed by atoms with Crippen LogP contribution >= 0.6 is 0 Å². The number of aryl methyl sites for hydroxylation is 2. The van der Waals surface area contributed by atoms with Crippen molar-refractivity contribution in [3.05, 3.63) is 90.0 Å². The highest BCUT2D eigenvalue weighted by atomic mass is 16.5. The number of aromatic nitrogens is 4. The molecule has 0 N–H and O–H groups in total. The lowest BCUT2D eigenvalue weighted by molar-refractivity contribution is 0.298. The molecule has 5 nitrogen and oxygen atoms in total. The van der Waals surface area contributed by atoms with Crippen LogP contribution in [0.15, 0.2) is 73.1 Å². The first-order valence-corrected chi connectivity index (χ1v) is 10.1. The van der Waals surface area contributed by atoms with Crippen molar-refractivity contribution in [1.82, 2.24) is 19.6 Å². The molecule has 0 aliphatic rings. The molecular weight excluding hydrogens is 372 g/mol. The van der Waals surface area contributed by atoms with Crippen LogP contribution in [0.3, 0.4) is 0 Å². The van der Waals surface area contributed by atoms with Crippen molar-refractivity contribution >= 4 is 16.6 Å². The fourth-order valence-electron chi connectivity index (χ4n) is 3.61. The minimum atomic E-state index is 0.327. The zero-order chi connectivity index (χ0) is 20.5. The largest absolute Gasteiger partial charge is 0.485 e. The van der Waals surface area contributed by atoms with E-state index < -0.39 is 0 Å². The summed E-state index contributed by atoms with van der Waals surface area (Å²) in [6, 6.07) is 20.8. The predicted octanol–water partition coefficient (Wildman–Crippen LogP) is 5.39. The van der Waals surface area contributed by atoms with E-state index in [0.29, 0.717) is 6.61 Å². The van der Waals surface area contributed by atoms with E-state index in [-0.39, 0.29) is 0 Å². The lowest BCUT2D eigenvalue weighted by Gasteiger charge is -2.09. The van der Waals surface area contributed by atoms with Gasteiger partial charge in [-0.2, -0.15) is 0 Å². The second kappa shape index (κ2) is 7.59. The molecule has 0 fully saturated rings. The van der Waals surface area contributed by atoms with Crippen molar-refractivity contribution in [2.75, 3.05) is 0 Å². The minimum absolute atomic E-state index is 0.327. The Kier molecular flexibility index (Phi) is 4.64. The van der Waals surface area contributed by atoms with Crippen LogP contribution in [0, 0.1) is 6.92 Å². The minimum Gasteiger partial charge on any atom is -0.485 e. The molecule has 2 aromatic carbocycles. The van der Waals surface area contributed by atoms with Crippen LogP contribution in [-0.2, 0) is 13.0 Å². The maximum absolute atomic E-state index is 6.14. The third kappa shape index (κ3) is 3.39. The molecule has 0 saturated heterocycles. The summed E-state index contributed by atoms with van der Waals surface area (Å²) in [5.74, 6) is 1.56. The summed E-state index contributed by atoms with van der Waals surface area (Å²) in [4.78, 5) is 4.48. The molecule has 0 radical (unpaired) electrons. The van der Waals surface area contributed by atoms with Crippen LogP contribution in [-0.4, -0.2) is 19.6 Å². The van der Waals surface area contributed by atoms with Crippen LogP contribution in [0.5, 0.6) is 5.75 Å². The molecule has 0 atom stereocenters. The second-order valence-corrected chi connectivity index (χ2v) is 7.43. The SMILES string of the molecule is CCc1ccc2c(OCc3nnc4ccc(-c5ccc(C)cc5)cn34)ccnc2c1. The van der Waals surface area contributed by atoms with E-state index in [1.165, 1.54) is 11.1 Å². The van der Waals surface area contributed by atoms with Crippen molar-refractivity contribution in [3.8, 4) is 16.9 Å². The fraction of sp³-hybridized carbons (Fsp3) is 0.160. The molecule has 5 rings (SSSR count). The van der Waals surface area contributed by atoms with Gasteiger partial charge in [0.25, 0.3) is 0 Å². The molecule has 0 bridgehead atoms. The summed E-state index contributed by atoms with van der Waals surface area (Å²) in [6.07, 6.45) is 4.84. The molecule has 3 heterocycles. The van der Waals surface area contributed by atoms with Crippen molar-refractivity contribution in [2.45, 2.75) is 26.9 Å². The number of ether oxygens (including phenoxy) is 1. The first-order chi connectivity index (χ1) is 14.7. The van der Waals surface area contributed by atoms with Gasteiger partial charge in [-0.05, 0) is 60.4 Å². The van der Waals surface area contributed by atoms with E-state index in [4.69, 9.17) is 4.74 Å². The number of pyridine rings is 2. The zero-order valence-electron chi connectivity index (χ0n) is 17.0. The normalized spacial score (nSPS) is 11.3. The smallest absolute Gasteiger partial charge is 0.175 e. The third-order valence-electron chi connectivity index (χ3n) is 5.39. The first kappa shape index (κ1) is 18.3. The van der Waals surface area contributed by atoms with Gasteiger partial charge in [-0.1, -0.05) is 42.8 Å². The van der Waals surface area contributed by atoms with Crippen molar-refractivity contribution < 1.29 is 4.74 Å². The van der Waals surface area contributed by atoms with Gasteiger partial charge in [0.15, 0.2) is 11.5 Å². The summed E-state index contributed by atoms with van der Waals surface area (Å²) < 4.78 is 8.14. The highest BCUT2D eigenvalue weighted by Gasteiger charge is 2.10.